The van der Waals surface area contributed by atoms with Crippen molar-refractivity contribution in [3.8, 4) is 5.75 Å². The molecule has 1 saturated heterocycles. The summed E-state index contributed by atoms with van der Waals surface area (Å²) in [6, 6.07) is 7.58. The van der Waals surface area contributed by atoms with E-state index in [0.29, 0.717) is 5.75 Å². The molecule has 19 heavy (non-hydrogen) atoms. The molecule has 1 fully saturated rings. The maximum absolute atomic E-state index is 9.36. The topological polar surface area (TPSA) is 41.5 Å². The molecule has 1 aromatic rings. The van der Waals surface area contributed by atoms with Crippen molar-refractivity contribution in [1.82, 2.24) is 5.32 Å². The molecular formula is C16H25NO2. The average Bonchev–Trinajstić information content (AvgIpc) is 2.43. The normalized spacial score (nSPS) is 23.4. The number of phenols is 1. The van der Waals surface area contributed by atoms with Crippen LogP contribution in [0.25, 0.3) is 0 Å². The van der Waals surface area contributed by atoms with E-state index in [4.69, 9.17) is 4.74 Å². The molecule has 1 heterocycles. The molecule has 0 aliphatic carbocycles. The number of rotatable bonds is 6. The first kappa shape index (κ1) is 14.4. The zero-order valence-corrected chi connectivity index (χ0v) is 11.8. The van der Waals surface area contributed by atoms with Crippen LogP contribution in [0.4, 0.5) is 0 Å². The van der Waals surface area contributed by atoms with Crippen molar-refractivity contribution in [2.75, 3.05) is 26.3 Å². The molecule has 0 bridgehead atoms. The highest BCUT2D eigenvalue weighted by atomic mass is 16.5. The minimum atomic E-state index is 0.213. The summed E-state index contributed by atoms with van der Waals surface area (Å²) in [5, 5.41) is 12.9. The second-order valence-corrected chi connectivity index (χ2v) is 5.68. The second-order valence-electron chi connectivity index (χ2n) is 5.68. The van der Waals surface area contributed by atoms with Crippen LogP contribution in [0.15, 0.2) is 24.3 Å². The summed E-state index contributed by atoms with van der Waals surface area (Å²) in [5.74, 6) is 0.335. The molecule has 3 nitrogen and oxygen atoms in total. The van der Waals surface area contributed by atoms with Crippen LogP contribution in [0, 0.1) is 5.41 Å². The van der Waals surface area contributed by atoms with Crippen LogP contribution in [-0.4, -0.2) is 31.4 Å². The fraction of sp³-hybridized carbons (Fsp3) is 0.625. The predicted octanol–water partition coefficient (Wildman–Crippen LogP) is 2.73. The van der Waals surface area contributed by atoms with Gasteiger partial charge in [0.1, 0.15) is 5.75 Å². The Kier molecular flexibility index (Phi) is 5.23. The minimum Gasteiger partial charge on any atom is -0.508 e. The van der Waals surface area contributed by atoms with Gasteiger partial charge in [-0.3, -0.25) is 0 Å². The van der Waals surface area contributed by atoms with Crippen molar-refractivity contribution in [2.24, 2.45) is 5.41 Å². The molecular weight excluding hydrogens is 238 g/mol. The van der Waals surface area contributed by atoms with Crippen molar-refractivity contribution in [3.63, 3.8) is 0 Å². The first-order chi connectivity index (χ1) is 9.24. The Bertz CT molecular complexity index is 369. The van der Waals surface area contributed by atoms with Crippen molar-refractivity contribution in [3.05, 3.63) is 29.8 Å². The van der Waals surface area contributed by atoms with Crippen molar-refractivity contribution < 1.29 is 9.84 Å². The molecule has 0 radical (unpaired) electrons. The highest BCUT2D eigenvalue weighted by molar-refractivity contribution is 5.26. The standard InChI is InChI=1S/C16H25NO2/c1-2-9-17-12-16(8-3-10-19-13-16)11-14-4-6-15(18)7-5-14/h4-7,17-18H,2-3,8-13H2,1H3. The molecule has 106 valence electrons. The summed E-state index contributed by atoms with van der Waals surface area (Å²) in [7, 11) is 0. The molecule has 1 aromatic carbocycles. The summed E-state index contributed by atoms with van der Waals surface area (Å²) in [5.41, 5.74) is 1.49. The molecule has 1 aliphatic heterocycles. The monoisotopic (exact) mass is 263 g/mol. The molecule has 3 heteroatoms. The second kappa shape index (κ2) is 6.92. The molecule has 1 aliphatic rings. The van der Waals surface area contributed by atoms with Gasteiger partial charge in [-0.25, -0.2) is 0 Å². The Morgan fingerprint density at radius 3 is 2.74 bits per heavy atom. The van der Waals surface area contributed by atoms with E-state index in [2.05, 4.69) is 12.2 Å². The van der Waals surface area contributed by atoms with E-state index in [0.717, 1.165) is 45.6 Å². The third-order valence-corrected chi connectivity index (χ3v) is 3.85. The molecule has 2 N–H and O–H groups in total. The van der Waals surface area contributed by atoms with Gasteiger partial charge in [-0.2, -0.15) is 0 Å². The molecule has 1 unspecified atom stereocenters. The third kappa shape index (κ3) is 4.22. The van der Waals surface area contributed by atoms with Crippen molar-refractivity contribution >= 4 is 0 Å². The molecule has 2 rings (SSSR count). The van der Waals surface area contributed by atoms with Crippen LogP contribution >= 0.6 is 0 Å². The number of phenolic OH excluding ortho intramolecular Hbond substituents is 1. The van der Waals surface area contributed by atoms with E-state index < -0.39 is 0 Å². The third-order valence-electron chi connectivity index (χ3n) is 3.85. The minimum absolute atomic E-state index is 0.213. The lowest BCUT2D eigenvalue weighted by molar-refractivity contribution is -0.00707. The fourth-order valence-corrected chi connectivity index (χ4v) is 2.83. The van der Waals surface area contributed by atoms with Crippen LogP contribution in [0.2, 0.25) is 0 Å². The predicted molar refractivity (Wildman–Crippen MR) is 77.5 cm³/mol. The van der Waals surface area contributed by atoms with Crippen molar-refractivity contribution in [1.29, 1.82) is 0 Å². The van der Waals surface area contributed by atoms with Gasteiger partial charge in [-0.1, -0.05) is 19.1 Å². The Morgan fingerprint density at radius 2 is 2.11 bits per heavy atom. The largest absolute Gasteiger partial charge is 0.508 e. The van der Waals surface area contributed by atoms with Gasteiger partial charge >= 0.3 is 0 Å². The maximum Gasteiger partial charge on any atom is 0.115 e. The van der Waals surface area contributed by atoms with Crippen LogP contribution in [-0.2, 0) is 11.2 Å². The molecule has 0 amide bonds. The van der Waals surface area contributed by atoms with E-state index in [-0.39, 0.29) is 5.41 Å². The molecule has 0 spiro atoms. The highest BCUT2D eigenvalue weighted by Gasteiger charge is 2.32. The number of hydrogen-bond donors (Lipinski definition) is 2. The quantitative estimate of drug-likeness (QED) is 0.775. The van der Waals surface area contributed by atoms with Crippen molar-refractivity contribution in [2.45, 2.75) is 32.6 Å². The van der Waals surface area contributed by atoms with Gasteiger partial charge in [0.25, 0.3) is 0 Å². The van der Waals surface area contributed by atoms with E-state index in [1.807, 2.05) is 12.1 Å². The van der Waals surface area contributed by atoms with Crippen LogP contribution < -0.4 is 5.32 Å². The van der Waals surface area contributed by atoms with E-state index in [1.54, 1.807) is 12.1 Å². The summed E-state index contributed by atoms with van der Waals surface area (Å²) in [4.78, 5) is 0. The lowest BCUT2D eigenvalue weighted by atomic mass is 9.77. The van der Waals surface area contributed by atoms with Crippen LogP contribution in [0.1, 0.15) is 31.7 Å². The number of hydrogen-bond acceptors (Lipinski definition) is 3. The summed E-state index contributed by atoms with van der Waals surface area (Å²) in [6.45, 7) is 6.01. The zero-order valence-electron chi connectivity index (χ0n) is 11.8. The van der Waals surface area contributed by atoms with Gasteiger partial charge in [-0.15, -0.1) is 0 Å². The lowest BCUT2D eigenvalue weighted by Gasteiger charge is -2.37. The lowest BCUT2D eigenvalue weighted by Crippen LogP contribution is -2.43. The Balaban J connectivity index is 2.01. The number of benzene rings is 1. The van der Waals surface area contributed by atoms with Gasteiger partial charge in [0.2, 0.25) is 0 Å². The van der Waals surface area contributed by atoms with Gasteiger partial charge < -0.3 is 15.2 Å². The Labute approximate surface area is 116 Å². The van der Waals surface area contributed by atoms with Gasteiger partial charge in [0, 0.05) is 18.6 Å². The molecule has 1 atom stereocenters. The number of nitrogens with one attached hydrogen (secondary N) is 1. The summed E-state index contributed by atoms with van der Waals surface area (Å²) >= 11 is 0. The highest BCUT2D eigenvalue weighted by Crippen LogP contribution is 2.32. The van der Waals surface area contributed by atoms with Gasteiger partial charge in [-0.05, 0) is 49.9 Å². The van der Waals surface area contributed by atoms with Gasteiger partial charge in [0.05, 0.1) is 6.61 Å². The average molecular weight is 263 g/mol. The van der Waals surface area contributed by atoms with E-state index >= 15 is 0 Å². The van der Waals surface area contributed by atoms with Crippen LogP contribution in [0.5, 0.6) is 5.75 Å². The van der Waals surface area contributed by atoms with Gasteiger partial charge in [0.15, 0.2) is 0 Å². The van der Waals surface area contributed by atoms with E-state index in [9.17, 15) is 5.11 Å². The number of ether oxygens (including phenoxy) is 1. The summed E-state index contributed by atoms with van der Waals surface area (Å²) in [6.07, 6.45) is 4.54. The molecule has 0 saturated carbocycles. The molecule has 0 aromatic heterocycles. The SMILES string of the molecule is CCCNCC1(Cc2ccc(O)cc2)CCCOC1. The number of aromatic hydroxyl groups is 1. The Hall–Kier alpha value is -1.06. The Morgan fingerprint density at radius 1 is 1.32 bits per heavy atom. The maximum atomic E-state index is 9.36. The fourth-order valence-electron chi connectivity index (χ4n) is 2.83. The van der Waals surface area contributed by atoms with Crippen LogP contribution in [0.3, 0.4) is 0 Å². The zero-order chi connectivity index (χ0) is 13.6. The first-order valence-corrected chi connectivity index (χ1v) is 7.30. The van der Waals surface area contributed by atoms with E-state index in [1.165, 1.54) is 12.0 Å². The summed E-state index contributed by atoms with van der Waals surface area (Å²) < 4.78 is 5.72. The first-order valence-electron chi connectivity index (χ1n) is 7.30. The smallest absolute Gasteiger partial charge is 0.115 e.